The summed E-state index contributed by atoms with van der Waals surface area (Å²) in [6.45, 7) is 7.76. The molecule has 1 aliphatic rings. The van der Waals surface area contributed by atoms with E-state index >= 15 is 0 Å². The number of nitrogens with zero attached hydrogens (tertiary/aromatic N) is 1. The Labute approximate surface area is 139 Å². The quantitative estimate of drug-likeness (QED) is 0.372. The zero-order chi connectivity index (χ0) is 16.8. The standard InChI is InChI=1S/C17H29NO5/c1-3-7-20-9-11-22-13-14-23-12-10-21-8-5-17(19)18-6-4-16(2)15-18/h1,16H,4-15H2,2H3/t16-/m0/s1. The molecule has 0 radical (unpaired) electrons. The van der Waals surface area contributed by atoms with Crippen molar-refractivity contribution in [1.29, 1.82) is 0 Å². The van der Waals surface area contributed by atoms with Crippen molar-refractivity contribution in [1.82, 2.24) is 4.90 Å². The number of hydrogen-bond donors (Lipinski definition) is 0. The largest absolute Gasteiger partial charge is 0.379 e. The minimum Gasteiger partial charge on any atom is -0.379 e. The zero-order valence-electron chi connectivity index (χ0n) is 14.1. The van der Waals surface area contributed by atoms with Crippen molar-refractivity contribution in [2.75, 3.05) is 65.9 Å². The van der Waals surface area contributed by atoms with Gasteiger partial charge in [0.15, 0.2) is 0 Å². The van der Waals surface area contributed by atoms with E-state index in [1.54, 1.807) is 0 Å². The fourth-order valence-corrected chi connectivity index (χ4v) is 2.27. The number of ether oxygens (including phenoxy) is 4. The summed E-state index contributed by atoms with van der Waals surface area (Å²) in [5.74, 6) is 3.20. The Morgan fingerprint density at radius 1 is 1.04 bits per heavy atom. The summed E-state index contributed by atoms with van der Waals surface area (Å²) in [5.41, 5.74) is 0. The molecule has 1 atom stereocenters. The first-order chi connectivity index (χ1) is 11.2. The predicted molar refractivity (Wildman–Crippen MR) is 87.1 cm³/mol. The summed E-state index contributed by atoms with van der Waals surface area (Å²) in [4.78, 5) is 13.8. The Hall–Kier alpha value is -1.13. The van der Waals surface area contributed by atoms with Crippen molar-refractivity contribution in [3.8, 4) is 12.3 Å². The molecule has 0 aliphatic carbocycles. The SMILES string of the molecule is C#CCOCCOCCOCCOCCC(=O)N1CC[C@H](C)C1. The van der Waals surface area contributed by atoms with Crippen LogP contribution in [-0.4, -0.2) is 76.8 Å². The average molecular weight is 327 g/mol. The van der Waals surface area contributed by atoms with Crippen LogP contribution in [0.1, 0.15) is 19.8 Å². The number of carbonyl (C=O) groups excluding carboxylic acids is 1. The Balaban J connectivity index is 1.78. The van der Waals surface area contributed by atoms with Gasteiger partial charge in [0.25, 0.3) is 0 Å². The third-order valence-electron chi connectivity index (χ3n) is 3.54. The van der Waals surface area contributed by atoms with E-state index in [1.165, 1.54) is 0 Å². The highest BCUT2D eigenvalue weighted by Crippen LogP contribution is 2.15. The summed E-state index contributed by atoms with van der Waals surface area (Å²) in [7, 11) is 0. The van der Waals surface area contributed by atoms with Gasteiger partial charge >= 0.3 is 0 Å². The predicted octanol–water partition coefficient (Wildman–Crippen LogP) is 0.945. The van der Waals surface area contributed by atoms with Crippen LogP contribution in [0.4, 0.5) is 0 Å². The van der Waals surface area contributed by atoms with Crippen LogP contribution in [0.5, 0.6) is 0 Å². The lowest BCUT2D eigenvalue weighted by atomic mass is 10.2. The fourth-order valence-electron chi connectivity index (χ4n) is 2.27. The molecule has 1 amide bonds. The number of rotatable bonds is 13. The molecule has 0 spiro atoms. The molecular weight excluding hydrogens is 298 g/mol. The van der Waals surface area contributed by atoms with Crippen molar-refractivity contribution in [2.24, 2.45) is 5.92 Å². The second-order valence-electron chi connectivity index (χ2n) is 5.58. The zero-order valence-corrected chi connectivity index (χ0v) is 14.1. The van der Waals surface area contributed by atoms with Gasteiger partial charge in [-0.3, -0.25) is 4.79 Å². The van der Waals surface area contributed by atoms with Crippen molar-refractivity contribution >= 4 is 5.91 Å². The molecule has 1 rings (SSSR count). The van der Waals surface area contributed by atoms with Gasteiger partial charge in [-0.1, -0.05) is 12.8 Å². The summed E-state index contributed by atoms with van der Waals surface area (Å²) in [6.07, 6.45) is 6.61. The molecule has 1 heterocycles. The monoisotopic (exact) mass is 327 g/mol. The van der Waals surface area contributed by atoms with Gasteiger partial charge in [0.05, 0.1) is 52.7 Å². The lowest BCUT2D eigenvalue weighted by molar-refractivity contribution is -0.131. The summed E-state index contributed by atoms with van der Waals surface area (Å²) in [5, 5.41) is 0. The molecule has 6 heteroatoms. The minimum atomic E-state index is 0.190. The number of hydrogen-bond acceptors (Lipinski definition) is 5. The highest BCUT2D eigenvalue weighted by atomic mass is 16.6. The first kappa shape index (κ1) is 19.9. The Morgan fingerprint density at radius 2 is 1.61 bits per heavy atom. The molecule has 23 heavy (non-hydrogen) atoms. The Morgan fingerprint density at radius 3 is 2.13 bits per heavy atom. The normalized spacial score (nSPS) is 17.4. The Bertz CT molecular complexity index is 355. The molecule has 1 saturated heterocycles. The van der Waals surface area contributed by atoms with E-state index in [9.17, 15) is 4.79 Å². The average Bonchev–Trinajstić information content (AvgIpc) is 2.98. The van der Waals surface area contributed by atoms with E-state index in [4.69, 9.17) is 25.4 Å². The molecular formula is C17H29NO5. The minimum absolute atomic E-state index is 0.190. The molecule has 0 aromatic rings. The lowest BCUT2D eigenvalue weighted by Crippen LogP contribution is -2.29. The fraction of sp³-hybridized carbons (Fsp3) is 0.824. The van der Waals surface area contributed by atoms with Gasteiger partial charge < -0.3 is 23.8 Å². The van der Waals surface area contributed by atoms with Crippen LogP contribution in [0, 0.1) is 18.3 Å². The molecule has 6 nitrogen and oxygen atoms in total. The van der Waals surface area contributed by atoms with Gasteiger partial charge in [-0.05, 0) is 12.3 Å². The first-order valence-electron chi connectivity index (χ1n) is 8.26. The Kier molecular flexibility index (Phi) is 11.5. The molecule has 132 valence electrons. The molecule has 1 fully saturated rings. The molecule has 0 unspecified atom stereocenters. The van der Waals surface area contributed by atoms with Gasteiger partial charge in [-0.25, -0.2) is 0 Å². The van der Waals surface area contributed by atoms with Crippen molar-refractivity contribution in [3.63, 3.8) is 0 Å². The third kappa shape index (κ3) is 10.3. The van der Waals surface area contributed by atoms with Crippen LogP contribution in [0.15, 0.2) is 0 Å². The van der Waals surface area contributed by atoms with E-state index in [2.05, 4.69) is 12.8 Å². The maximum Gasteiger partial charge on any atom is 0.224 e. The van der Waals surface area contributed by atoms with E-state index < -0.39 is 0 Å². The first-order valence-corrected chi connectivity index (χ1v) is 8.26. The maximum atomic E-state index is 11.9. The summed E-state index contributed by atoms with van der Waals surface area (Å²) in [6, 6.07) is 0. The topological polar surface area (TPSA) is 57.2 Å². The highest BCUT2D eigenvalue weighted by Gasteiger charge is 2.22. The molecule has 0 aromatic heterocycles. The van der Waals surface area contributed by atoms with E-state index in [1.807, 2.05) is 4.90 Å². The van der Waals surface area contributed by atoms with Crippen LogP contribution < -0.4 is 0 Å². The molecule has 0 N–H and O–H groups in total. The second kappa shape index (κ2) is 13.3. The summed E-state index contributed by atoms with van der Waals surface area (Å²) >= 11 is 0. The number of carbonyl (C=O) groups is 1. The lowest BCUT2D eigenvalue weighted by Gasteiger charge is -2.15. The van der Waals surface area contributed by atoms with E-state index in [0.717, 1.165) is 19.5 Å². The van der Waals surface area contributed by atoms with Gasteiger partial charge in [0.2, 0.25) is 5.91 Å². The summed E-state index contributed by atoms with van der Waals surface area (Å²) < 4.78 is 21.1. The molecule has 0 aromatic carbocycles. The van der Waals surface area contributed by atoms with Crippen molar-refractivity contribution < 1.29 is 23.7 Å². The second-order valence-corrected chi connectivity index (χ2v) is 5.58. The molecule has 1 aliphatic heterocycles. The maximum absolute atomic E-state index is 11.9. The van der Waals surface area contributed by atoms with Crippen LogP contribution in [0.2, 0.25) is 0 Å². The molecule has 0 saturated carbocycles. The van der Waals surface area contributed by atoms with Gasteiger partial charge in [0.1, 0.15) is 6.61 Å². The molecule has 0 bridgehead atoms. The van der Waals surface area contributed by atoms with Gasteiger partial charge in [0, 0.05) is 13.1 Å². The van der Waals surface area contributed by atoms with E-state index in [0.29, 0.717) is 65.2 Å². The van der Waals surface area contributed by atoms with Crippen LogP contribution in [-0.2, 0) is 23.7 Å². The highest BCUT2D eigenvalue weighted by molar-refractivity contribution is 5.76. The van der Waals surface area contributed by atoms with Crippen LogP contribution >= 0.6 is 0 Å². The third-order valence-corrected chi connectivity index (χ3v) is 3.54. The van der Waals surface area contributed by atoms with Gasteiger partial charge in [-0.2, -0.15) is 0 Å². The van der Waals surface area contributed by atoms with E-state index in [-0.39, 0.29) is 5.91 Å². The smallest absolute Gasteiger partial charge is 0.224 e. The number of likely N-dealkylation sites (tertiary alicyclic amines) is 1. The number of amides is 1. The van der Waals surface area contributed by atoms with Crippen LogP contribution in [0.3, 0.4) is 0 Å². The van der Waals surface area contributed by atoms with Crippen molar-refractivity contribution in [2.45, 2.75) is 19.8 Å². The van der Waals surface area contributed by atoms with Gasteiger partial charge in [-0.15, -0.1) is 6.42 Å². The number of terminal acetylenes is 1. The van der Waals surface area contributed by atoms with Crippen LogP contribution in [0.25, 0.3) is 0 Å². The van der Waals surface area contributed by atoms with Crippen molar-refractivity contribution in [3.05, 3.63) is 0 Å².